The molecular weight excluding hydrogens is 382 g/mol. The molecule has 0 saturated carbocycles. The van der Waals surface area contributed by atoms with Crippen LogP contribution in [0.1, 0.15) is 24.0 Å². The van der Waals surface area contributed by atoms with Gasteiger partial charge >= 0.3 is 5.97 Å². The molecule has 2 aromatic carbocycles. The van der Waals surface area contributed by atoms with Crippen LogP contribution in [0.2, 0.25) is 0 Å². The normalized spacial score (nSPS) is 20.2. The lowest BCUT2D eigenvalue weighted by Gasteiger charge is -2.29. The van der Waals surface area contributed by atoms with Crippen LogP contribution in [0.4, 0.5) is 0 Å². The van der Waals surface area contributed by atoms with Gasteiger partial charge in [-0.2, -0.15) is 0 Å². The predicted octanol–water partition coefficient (Wildman–Crippen LogP) is 2.78. The Hall–Kier alpha value is -2.91. The summed E-state index contributed by atoms with van der Waals surface area (Å²) in [5.74, 6) is -0.692. The van der Waals surface area contributed by atoms with Gasteiger partial charge in [0, 0.05) is 11.5 Å². The van der Waals surface area contributed by atoms with Crippen LogP contribution in [-0.4, -0.2) is 49.4 Å². The van der Waals surface area contributed by atoms with Gasteiger partial charge in [-0.25, -0.2) is 0 Å². The Balaban J connectivity index is 1.77. The second kappa shape index (κ2) is 9.06. The summed E-state index contributed by atoms with van der Waals surface area (Å²) in [7, 11) is 1.60. The molecule has 0 aliphatic carbocycles. The van der Waals surface area contributed by atoms with Gasteiger partial charge in [0.05, 0.1) is 26.2 Å². The fraction of sp³-hybridized carbons (Fsp3) is 0.450. The molecule has 2 aromatic rings. The average Bonchev–Trinajstić information content (AvgIpc) is 2.72. The van der Waals surface area contributed by atoms with Crippen molar-refractivity contribution < 1.29 is 34.0 Å². The van der Waals surface area contributed by atoms with Gasteiger partial charge in [-0.3, -0.25) is 4.79 Å². The Morgan fingerprint density at radius 2 is 2.03 bits per heavy atom. The highest BCUT2D eigenvalue weighted by Gasteiger charge is 2.25. The van der Waals surface area contributed by atoms with Crippen molar-refractivity contribution in [2.24, 2.45) is 5.92 Å². The second-order valence-corrected chi connectivity index (χ2v) is 6.97. The lowest BCUT2D eigenvalue weighted by Crippen LogP contribution is -2.36. The Morgan fingerprint density at radius 1 is 1.31 bits per heavy atom. The van der Waals surface area contributed by atoms with E-state index in [1.807, 2.05) is 30.3 Å². The Kier molecular flexibility index (Phi) is 6.50. The van der Waals surface area contributed by atoms with Crippen LogP contribution in [0.3, 0.4) is 0 Å². The molecular formula is C20H23NO8. The third-order valence-electron chi connectivity index (χ3n) is 5.05. The maximum Gasteiger partial charge on any atom is 0.310 e. The molecule has 9 nitrogen and oxygen atoms in total. The summed E-state index contributed by atoms with van der Waals surface area (Å²) >= 11 is 0. The number of benzene rings is 2. The molecule has 3 rings (SSSR count). The highest BCUT2D eigenvalue weighted by atomic mass is 17.0. The molecule has 0 bridgehead atoms. The van der Waals surface area contributed by atoms with E-state index >= 15 is 0 Å². The molecule has 1 aliphatic rings. The topological polar surface area (TPSA) is 117 Å². The van der Waals surface area contributed by atoms with E-state index in [4.69, 9.17) is 14.2 Å². The van der Waals surface area contributed by atoms with Crippen molar-refractivity contribution in [3.8, 4) is 5.75 Å². The quantitative estimate of drug-likeness (QED) is 0.526. The van der Waals surface area contributed by atoms with Crippen LogP contribution < -0.4 is 4.74 Å². The van der Waals surface area contributed by atoms with Gasteiger partial charge in [0.1, 0.15) is 12.4 Å². The van der Waals surface area contributed by atoms with Gasteiger partial charge in [-0.15, -0.1) is 10.1 Å². The summed E-state index contributed by atoms with van der Waals surface area (Å²) in [5.41, 5.74) is 1.72. The van der Waals surface area contributed by atoms with Crippen molar-refractivity contribution in [2.45, 2.75) is 25.6 Å². The maximum absolute atomic E-state index is 11.3. The molecule has 1 atom stereocenters. The fourth-order valence-corrected chi connectivity index (χ4v) is 3.41. The SMILES string of the molecule is COc1ccc2cc([C@H](C)C(=O)O)ccc2c1CC1COC(CO[N+](=O)[O-])OC1. The Morgan fingerprint density at radius 3 is 2.66 bits per heavy atom. The number of hydrogen-bond acceptors (Lipinski definition) is 7. The smallest absolute Gasteiger partial charge is 0.310 e. The number of fused-ring (bicyclic) bond motifs is 1. The summed E-state index contributed by atoms with van der Waals surface area (Å²) < 4.78 is 16.6. The summed E-state index contributed by atoms with van der Waals surface area (Å²) in [5, 5.41) is 20.6. The van der Waals surface area contributed by atoms with Gasteiger partial charge in [0.15, 0.2) is 6.29 Å². The lowest BCUT2D eigenvalue weighted by atomic mass is 9.91. The van der Waals surface area contributed by atoms with Crippen LogP contribution in [-0.2, 0) is 25.5 Å². The molecule has 0 amide bonds. The standard InChI is InChI=1S/C20H23NO8/c1-12(20(22)23)14-3-5-16-15(8-14)4-6-18(26-2)17(16)7-13-9-27-19(28-10-13)11-29-21(24)25/h3-6,8,12-13,19H,7,9-11H2,1-2H3,(H,22,23)/t12-,13?,19?/m0/s1. The molecule has 29 heavy (non-hydrogen) atoms. The molecule has 0 radical (unpaired) electrons. The zero-order valence-corrected chi connectivity index (χ0v) is 16.2. The van der Waals surface area contributed by atoms with Crippen molar-refractivity contribution >= 4 is 16.7 Å². The second-order valence-electron chi connectivity index (χ2n) is 6.97. The zero-order valence-electron chi connectivity index (χ0n) is 16.2. The van der Waals surface area contributed by atoms with Crippen molar-refractivity contribution in [1.82, 2.24) is 0 Å². The van der Waals surface area contributed by atoms with Crippen LogP contribution in [0, 0.1) is 16.0 Å². The summed E-state index contributed by atoms with van der Waals surface area (Å²) in [6.07, 6.45) is -0.136. The molecule has 156 valence electrons. The first-order valence-electron chi connectivity index (χ1n) is 9.22. The van der Waals surface area contributed by atoms with Gasteiger partial charge in [-0.1, -0.05) is 24.3 Å². The van der Waals surface area contributed by atoms with Crippen LogP contribution in [0.15, 0.2) is 30.3 Å². The van der Waals surface area contributed by atoms with E-state index in [0.29, 0.717) is 19.6 Å². The van der Waals surface area contributed by atoms with Crippen molar-refractivity contribution in [1.29, 1.82) is 0 Å². The molecule has 0 unspecified atom stereocenters. The zero-order chi connectivity index (χ0) is 21.0. The van der Waals surface area contributed by atoms with Gasteiger partial charge in [-0.05, 0) is 35.7 Å². The van der Waals surface area contributed by atoms with Crippen LogP contribution in [0.5, 0.6) is 5.75 Å². The maximum atomic E-state index is 11.3. The summed E-state index contributed by atoms with van der Waals surface area (Å²) in [4.78, 5) is 25.8. The first kappa shape index (κ1) is 20.8. The molecule has 1 N–H and O–H groups in total. The van der Waals surface area contributed by atoms with E-state index in [1.165, 1.54) is 0 Å². The van der Waals surface area contributed by atoms with Crippen LogP contribution in [0.25, 0.3) is 10.8 Å². The molecule has 9 heteroatoms. The molecule has 1 heterocycles. The van der Waals surface area contributed by atoms with Gasteiger partial charge in [0.2, 0.25) is 0 Å². The van der Waals surface area contributed by atoms with Crippen molar-refractivity contribution in [3.63, 3.8) is 0 Å². The molecule has 1 fully saturated rings. The highest BCUT2D eigenvalue weighted by molar-refractivity contribution is 5.89. The average molecular weight is 405 g/mol. The molecule has 1 aliphatic heterocycles. The van der Waals surface area contributed by atoms with Gasteiger partial charge in [0.25, 0.3) is 5.09 Å². The van der Waals surface area contributed by atoms with E-state index in [0.717, 1.165) is 27.6 Å². The highest BCUT2D eigenvalue weighted by Crippen LogP contribution is 2.33. The number of nitrogens with zero attached hydrogens (tertiary/aromatic N) is 1. The molecule has 0 aromatic heterocycles. The monoisotopic (exact) mass is 405 g/mol. The number of aliphatic carboxylic acids is 1. The van der Waals surface area contributed by atoms with E-state index < -0.39 is 23.3 Å². The largest absolute Gasteiger partial charge is 0.496 e. The number of ether oxygens (including phenoxy) is 3. The number of carbonyl (C=O) groups is 1. The Labute approximate surface area is 167 Å². The minimum absolute atomic E-state index is 0.0407. The van der Waals surface area contributed by atoms with Crippen LogP contribution >= 0.6 is 0 Å². The van der Waals surface area contributed by atoms with E-state index in [2.05, 4.69) is 4.84 Å². The molecule has 0 spiro atoms. The minimum atomic E-state index is -0.876. The Bertz CT molecular complexity index is 891. The van der Waals surface area contributed by atoms with Gasteiger partial charge < -0.3 is 24.2 Å². The minimum Gasteiger partial charge on any atom is -0.496 e. The number of carboxylic acids is 1. The van der Waals surface area contributed by atoms with E-state index in [1.54, 1.807) is 14.0 Å². The summed E-state index contributed by atoms with van der Waals surface area (Å²) in [6.45, 7) is 2.14. The number of carboxylic acid groups (broad SMARTS) is 1. The van der Waals surface area contributed by atoms with E-state index in [-0.39, 0.29) is 12.5 Å². The third-order valence-corrected chi connectivity index (χ3v) is 5.05. The lowest BCUT2D eigenvalue weighted by molar-refractivity contribution is -0.761. The first-order valence-corrected chi connectivity index (χ1v) is 9.22. The number of hydrogen-bond donors (Lipinski definition) is 1. The van der Waals surface area contributed by atoms with E-state index in [9.17, 15) is 20.0 Å². The van der Waals surface area contributed by atoms with Crippen molar-refractivity contribution in [2.75, 3.05) is 26.9 Å². The number of rotatable bonds is 8. The number of methoxy groups -OCH3 is 1. The first-order chi connectivity index (χ1) is 13.9. The third kappa shape index (κ3) is 4.93. The van der Waals surface area contributed by atoms with Crippen molar-refractivity contribution in [3.05, 3.63) is 51.6 Å². The fourth-order valence-electron chi connectivity index (χ4n) is 3.41. The molecule has 1 saturated heterocycles. The predicted molar refractivity (Wildman–Crippen MR) is 102 cm³/mol. The summed E-state index contributed by atoms with van der Waals surface area (Å²) in [6, 6.07) is 9.40.